The lowest BCUT2D eigenvalue weighted by molar-refractivity contribution is -0.139. The van der Waals surface area contributed by atoms with Crippen LogP contribution >= 0.6 is 0 Å². The van der Waals surface area contributed by atoms with Gasteiger partial charge in [-0.2, -0.15) is 0 Å². The number of tetrazole rings is 1. The zero-order chi connectivity index (χ0) is 21.5. The van der Waals surface area contributed by atoms with E-state index >= 15 is 0 Å². The van der Waals surface area contributed by atoms with Crippen LogP contribution in [0.15, 0.2) is 48.8 Å². The third-order valence-electron chi connectivity index (χ3n) is 5.14. The number of ether oxygens (including phenoxy) is 2. The van der Waals surface area contributed by atoms with Crippen LogP contribution in [0.4, 0.5) is 0 Å². The van der Waals surface area contributed by atoms with Crippen molar-refractivity contribution in [2.24, 2.45) is 0 Å². The minimum atomic E-state index is -0.231. The van der Waals surface area contributed by atoms with Crippen LogP contribution in [-0.2, 0) is 22.5 Å². The number of nitrogens with zero attached hydrogens (tertiary/aromatic N) is 6. The van der Waals surface area contributed by atoms with Crippen molar-refractivity contribution in [1.82, 2.24) is 30.1 Å². The first kappa shape index (κ1) is 20.9. The van der Waals surface area contributed by atoms with Crippen LogP contribution in [0.25, 0.3) is 0 Å². The first-order valence-electron chi connectivity index (χ1n) is 10.5. The van der Waals surface area contributed by atoms with Gasteiger partial charge in [-0.25, -0.2) is 4.68 Å². The molecule has 1 fully saturated rings. The van der Waals surface area contributed by atoms with Crippen molar-refractivity contribution in [1.29, 1.82) is 0 Å². The zero-order valence-corrected chi connectivity index (χ0v) is 17.6. The van der Waals surface area contributed by atoms with Crippen molar-refractivity contribution in [3.63, 3.8) is 0 Å². The second kappa shape index (κ2) is 10.1. The SMILES string of the molecule is CCOc1ccc(Cc2cccc([C@H]3CN(C(=O)CCn4cnnn4)CCO3)n2)cc1. The summed E-state index contributed by atoms with van der Waals surface area (Å²) in [6.45, 7) is 4.65. The van der Waals surface area contributed by atoms with E-state index in [1.807, 2.05) is 42.2 Å². The Morgan fingerprint density at radius 1 is 1.23 bits per heavy atom. The predicted molar refractivity (Wildman–Crippen MR) is 112 cm³/mol. The van der Waals surface area contributed by atoms with Gasteiger partial charge in [0.15, 0.2) is 0 Å². The third kappa shape index (κ3) is 5.64. The van der Waals surface area contributed by atoms with Crippen LogP contribution < -0.4 is 4.74 Å². The normalized spacial score (nSPS) is 16.3. The van der Waals surface area contributed by atoms with Crippen LogP contribution in [-0.4, -0.2) is 62.3 Å². The van der Waals surface area contributed by atoms with Crippen molar-refractivity contribution in [2.45, 2.75) is 32.4 Å². The first-order chi connectivity index (χ1) is 15.2. The molecule has 2 aromatic heterocycles. The molecule has 0 aliphatic carbocycles. The Morgan fingerprint density at radius 3 is 2.87 bits per heavy atom. The predicted octanol–water partition coefficient (Wildman–Crippen LogP) is 2.05. The number of amides is 1. The van der Waals surface area contributed by atoms with E-state index < -0.39 is 0 Å². The molecule has 1 aromatic carbocycles. The van der Waals surface area contributed by atoms with Gasteiger partial charge in [0.25, 0.3) is 0 Å². The first-order valence-corrected chi connectivity index (χ1v) is 10.5. The van der Waals surface area contributed by atoms with Gasteiger partial charge < -0.3 is 14.4 Å². The van der Waals surface area contributed by atoms with Gasteiger partial charge in [0, 0.05) is 25.1 Å². The molecule has 9 nitrogen and oxygen atoms in total. The Balaban J connectivity index is 1.36. The molecule has 0 bridgehead atoms. The smallest absolute Gasteiger partial charge is 0.224 e. The Hall–Kier alpha value is -3.33. The van der Waals surface area contributed by atoms with E-state index in [-0.39, 0.29) is 12.0 Å². The highest BCUT2D eigenvalue weighted by atomic mass is 16.5. The molecule has 0 spiro atoms. The van der Waals surface area contributed by atoms with Gasteiger partial charge in [-0.1, -0.05) is 18.2 Å². The number of aromatic nitrogens is 5. The maximum absolute atomic E-state index is 12.6. The molecule has 3 aromatic rings. The number of aryl methyl sites for hydroxylation is 1. The average Bonchev–Trinajstić information content (AvgIpc) is 3.33. The highest BCUT2D eigenvalue weighted by molar-refractivity contribution is 5.76. The summed E-state index contributed by atoms with van der Waals surface area (Å²) in [5.74, 6) is 0.933. The monoisotopic (exact) mass is 422 g/mol. The van der Waals surface area contributed by atoms with Crippen molar-refractivity contribution in [2.75, 3.05) is 26.3 Å². The molecular weight excluding hydrogens is 396 g/mol. The molecular formula is C22H26N6O3. The minimum absolute atomic E-state index is 0.0642. The number of pyridine rings is 1. The molecule has 162 valence electrons. The summed E-state index contributed by atoms with van der Waals surface area (Å²) in [6.07, 6.45) is 2.35. The average molecular weight is 422 g/mol. The molecule has 0 unspecified atom stereocenters. The summed E-state index contributed by atoms with van der Waals surface area (Å²) >= 11 is 0. The molecule has 3 heterocycles. The number of morpholine rings is 1. The molecule has 1 saturated heterocycles. The second-order valence-electron chi connectivity index (χ2n) is 7.33. The van der Waals surface area contributed by atoms with Gasteiger partial charge in [0.05, 0.1) is 32.0 Å². The number of carbonyl (C=O) groups excluding carboxylic acids is 1. The van der Waals surface area contributed by atoms with E-state index in [2.05, 4.69) is 27.7 Å². The zero-order valence-electron chi connectivity index (χ0n) is 17.6. The van der Waals surface area contributed by atoms with Crippen molar-refractivity contribution in [3.8, 4) is 5.75 Å². The highest BCUT2D eigenvalue weighted by Crippen LogP contribution is 2.22. The molecule has 0 saturated carbocycles. The number of benzene rings is 1. The summed E-state index contributed by atoms with van der Waals surface area (Å²) in [5, 5.41) is 11.0. The Kier molecular flexibility index (Phi) is 6.83. The van der Waals surface area contributed by atoms with E-state index in [1.54, 1.807) is 4.68 Å². The van der Waals surface area contributed by atoms with Crippen LogP contribution in [0, 0.1) is 0 Å². The van der Waals surface area contributed by atoms with Crippen LogP contribution in [0.1, 0.15) is 36.4 Å². The summed E-state index contributed by atoms with van der Waals surface area (Å²) in [4.78, 5) is 19.2. The van der Waals surface area contributed by atoms with Gasteiger partial charge in [0.1, 0.15) is 18.2 Å². The molecule has 1 atom stereocenters. The van der Waals surface area contributed by atoms with Gasteiger partial charge in [-0.05, 0) is 47.2 Å². The van der Waals surface area contributed by atoms with Crippen molar-refractivity contribution >= 4 is 5.91 Å². The fourth-order valence-electron chi connectivity index (χ4n) is 3.56. The maximum atomic E-state index is 12.6. The lowest BCUT2D eigenvalue weighted by atomic mass is 10.1. The van der Waals surface area contributed by atoms with Crippen LogP contribution in [0.2, 0.25) is 0 Å². The number of carbonyl (C=O) groups is 1. The van der Waals surface area contributed by atoms with E-state index in [1.165, 1.54) is 6.33 Å². The highest BCUT2D eigenvalue weighted by Gasteiger charge is 2.26. The van der Waals surface area contributed by atoms with Gasteiger partial charge in [-0.3, -0.25) is 9.78 Å². The van der Waals surface area contributed by atoms with Crippen molar-refractivity contribution in [3.05, 3.63) is 65.7 Å². The molecule has 1 aliphatic rings. The third-order valence-corrected chi connectivity index (χ3v) is 5.14. The topological polar surface area (TPSA) is 95.3 Å². The summed E-state index contributed by atoms with van der Waals surface area (Å²) in [6, 6.07) is 14.0. The fraction of sp³-hybridized carbons (Fsp3) is 0.409. The molecule has 31 heavy (non-hydrogen) atoms. The summed E-state index contributed by atoms with van der Waals surface area (Å²) < 4.78 is 13.0. The molecule has 0 N–H and O–H groups in total. The molecule has 1 aliphatic heterocycles. The second-order valence-corrected chi connectivity index (χ2v) is 7.33. The minimum Gasteiger partial charge on any atom is -0.494 e. The quantitative estimate of drug-likeness (QED) is 0.548. The lowest BCUT2D eigenvalue weighted by Gasteiger charge is -2.33. The summed E-state index contributed by atoms with van der Waals surface area (Å²) in [7, 11) is 0. The maximum Gasteiger partial charge on any atom is 0.224 e. The van der Waals surface area contributed by atoms with E-state index in [0.29, 0.717) is 39.3 Å². The molecule has 4 rings (SSSR count). The van der Waals surface area contributed by atoms with Gasteiger partial charge in [0.2, 0.25) is 5.91 Å². The van der Waals surface area contributed by atoms with E-state index in [0.717, 1.165) is 29.1 Å². The lowest BCUT2D eigenvalue weighted by Crippen LogP contribution is -2.42. The Bertz CT molecular complexity index is 977. The van der Waals surface area contributed by atoms with Crippen LogP contribution in [0.3, 0.4) is 0 Å². The fourth-order valence-corrected chi connectivity index (χ4v) is 3.56. The van der Waals surface area contributed by atoms with E-state index in [4.69, 9.17) is 14.5 Å². The number of hydrogen-bond donors (Lipinski definition) is 0. The van der Waals surface area contributed by atoms with Gasteiger partial charge in [-0.15, -0.1) is 5.10 Å². The molecule has 1 amide bonds. The van der Waals surface area contributed by atoms with Gasteiger partial charge >= 0.3 is 0 Å². The number of rotatable bonds is 8. The molecule has 0 radical (unpaired) electrons. The van der Waals surface area contributed by atoms with Crippen molar-refractivity contribution < 1.29 is 14.3 Å². The standard InChI is InChI=1S/C22H26N6O3/c1-2-30-19-8-6-17(7-9-19)14-18-4-3-5-20(24-18)21-15-27(12-13-31-21)22(29)10-11-28-16-23-25-26-28/h3-9,16,21H,2,10-15H2,1H3/t21-/m1/s1. The summed E-state index contributed by atoms with van der Waals surface area (Å²) in [5.41, 5.74) is 2.98. The van der Waals surface area contributed by atoms with E-state index in [9.17, 15) is 4.79 Å². The Labute approximate surface area is 181 Å². The molecule has 9 heteroatoms. The largest absolute Gasteiger partial charge is 0.494 e. The van der Waals surface area contributed by atoms with Crippen LogP contribution in [0.5, 0.6) is 5.75 Å². The Morgan fingerprint density at radius 2 is 2.10 bits per heavy atom. The number of hydrogen-bond acceptors (Lipinski definition) is 7.